The number of rotatable bonds is 7. The van der Waals surface area contributed by atoms with Crippen LogP contribution in [0.3, 0.4) is 0 Å². The molecule has 86 valence electrons. The minimum absolute atomic E-state index is 0.602. The van der Waals surface area contributed by atoms with Crippen molar-refractivity contribution in [3.8, 4) is 0 Å². The van der Waals surface area contributed by atoms with Gasteiger partial charge in [-0.05, 0) is 34.2 Å². The predicted molar refractivity (Wildman–Crippen MR) is 61.6 cm³/mol. The van der Waals surface area contributed by atoms with Gasteiger partial charge in [0.05, 0.1) is 5.60 Å². The molecule has 0 rings (SSSR count). The van der Waals surface area contributed by atoms with E-state index < -0.39 is 5.60 Å². The van der Waals surface area contributed by atoms with E-state index in [2.05, 4.69) is 31.1 Å². The van der Waals surface area contributed by atoms with Gasteiger partial charge in [0.2, 0.25) is 0 Å². The lowest BCUT2D eigenvalue weighted by Crippen LogP contribution is -2.40. The fourth-order valence-corrected chi connectivity index (χ4v) is 1.18. The Bertz CT molecular complexity index is 143. The highest BCUT2D eigenvalue weighted by Gasteiger charge is 2.11. The van der Waals surface area contributed by atoms with Gasteiger partial charge in [0.1, 0.15) is 0 Å². The van der Waals surface area contributed by atoms with Crippen molar-refractivity contribution in [2.75, 3.05) is 26.7 Å². The van der Waals surface area contributed by atoms with Crippen LogP contribution in [0, 0.1) is 0 Å². The Labute approximate surface area is 88.5 Å². The van der Waals surface area contributed by atoms with Crippen molar-refractivity contribution in [1.29, 1.82) is 0 Å². The molecule has 0 saturated heterocycles. The van der Waals surface area contributed by atoms with Crippen LogP contribution in [-0.4, -0.2) is 48.3 Å². The number of likely N-dealkylation sites (N-methyl/N-ethyl adjacent to an activating group) is 1. The molecule has 0 aliphatic carbocycles. The van der Waals surface area contributed by atoms with Crippen LogP contribution in [0.2, 0.25) is 0 Å². The van der Waals surface area contributed by atoms with E-state index >= 15 is 0 Å². The van der Waals surface area contributed by atoms with E-state index in [9.17, 15) is 5.11 Å². The quantitative estimate of drug-likeness (QED) is 0.606. The lowest BCUT2D eigenvalue weighted by atomic mass is 10.1. The van der Waals surface area contributed by atoms with Crippen molar-refractivity contribution in [2.45, 2.75) is 45.8 Å². The van der Waals surface area contributed by atoms with E-state index in [0.29, 0.717) is 12.6 Å². The lowest BCUT2D eigenvalue weighted by Gasteiger charge is -2.24. The second-order valence-corrected chi connectivity index (χ2v) is 4.73. The van der Waals surface area contributed by atoms with Gasteiger partial charge in [-0.25, -0.2) is 0 Å². The van der Waals surface area contributed by atoms with Crippen molar-refractivity contribution >= 4 is 0 Å². The first kappa shape index (κ1) is 13.9. The van der Waals surface area contributed by atoms with E-state index in [1.165, 1.54) is 6.42 Å². The molecule has 0 aromatic rings. The summed E-state index contributed by atoms with van der Waals surface area (Å²) in [6.07, 6.45) is 1.18. The van der Waals surface area contributed by atoms with Crippen molar-refractivity contribution < 1.29 is 5.11 Å². The summed E-state index contributed by atoms with van der Waals surface area (Å²) in [5, 5.41) is 12.7. The summed E-state index contributed by atoms with van der Waals surface area (Å²) < 4.78 is 0. The van der Waals surface area contributed by atoms with E-state index in [-0.39, 0.29) is 0 Å². The van der Waals surface area contributed by atoms with E-state index in [4.69, 9.17) is 0 Å². The molecule has 0 fully saturated rings. The molecule has 0 bridgehead atoms. The summed E-state index contributed by atoms with van der Waals surface area (Å²) in [6.45, 7) is 10.7. The number of nitrogens with zero attached hydrogens (tertiary/aromatic N) is 1. The first-order valence-electron chi connectivity index (χ1n) is 5.50. The molecule has 1 unspecified atom stereocenters. The van der Waals surface area contributed by atoms with Crippen LogP contribution in [0.25, 0.3) is 0 Å². The number of aliphatic hydroxyl groups is 1. The van der Waals surface area contributed by atoms with Crippen LogP contribution in [0.1, 0.15) is 34.1 Å². The monoisotopic (exact) mass is 202 g/mol. The van der Waals surface area contributed by atoms with Gasteiger partial charge in [0, 0.05) is 25.7 Å². The summed E-state index contributed by atoms with van der Waals surface area (Å²) in [7, 11) is 2.14. The van der Waals surface area contributed by atoms with E-state index in [1.54, 1.807) is 0 Å². The predicted octanol–water partition coefficient (Wildman–Crippen LogP) is 1.08. The molecule has 0 radical (unpaired) electrons. The van der Waals surface area contributed by atoms with Gasteiger partial charge >= 0.3 is 0 Å². The molecular weight excluding hydrogens is 176 g/mol. The van der Waals surface area contributed by atoms with Gasteiger partial charge in [0.25, 0.3) is 0 Å². The van der Waals surface area contributed by atoms with Crippen LogP contribution in [0.15, 0.2) is 0 Å². The third kappa shape index (κ3) is 7.30. The molecule has 0 spiro atoms. The Hall–Kier alpha value is -0.120. The van der Waals surface area contributed by atoms with E-state index in [0.717, 1.165) is 13.1 Å². The molecule has 3 nitrogen and oxygen atoms in total. The summed E-state index contributed by atoms with van der Waals surface area (Å²) in [5.41, 5.74) is -0.602. The molecule has 1 atom stereocenters. The average molecular weight is 202 g/mol. The number of hydrogen-bond acceptors (Lipinski definition) is 3. The Morgan fingerprint density at radius 1 is 1.43 bits per heavy atom. The molecule has 0 aromatic carbocycles. The standard InChI is InChI=1S/C11H26N2O/c1-6-10(2)13(5)8-7-12-9-11(3,4)14/h10,12,14H,6-9H2,1-5H3. The Balaban J connectivity index is 3.45. The highest BCUT2D eigenvalue weighted by atomic mass is 16.3. The molecule has 0 aliphatic rings. The summed E-state index contributed by atoms with van der Waals surface area (Å²) in [6, 6.07) is 0.638. The molecule has 14 heavy (non-hydrogen) atoms. The van der Waals surface area contributed by atoms with Crippen molar-refractivity contribution in [2.24, 2.45) is 0 Å². The number of nitrogens with one attached hydrogen (secondary N) is 1. The van der Waals surface area contributed by atoms with Crippen LogP contribution in [0.4, 0.5) is 0 Å². The van der Waals surface area contributed by atoms with Gasteiger partial charge in [-0.1, -0.05) is 6.92 Å². The van der Waals surface area contributed by atoms with Gasteiger partial charge < -0.3 is 15.3 Å². The van der Waals surface area contributed by atoms with Gasteiger partial charge in [-0.2, -0.15) is 0 Å². The van der Waals surface area contributed by atoms with E-state index in [1.807, 2.05) is 13.8 Å². The summed E-state index contributed by atoms with van der Waals surface area (Å²) >= 11 is 0. The average Bonchev–Trinajstić information content (AvgIpc) is 2.09. The van der Waals surface area contributed by atoms with Crippen LogP contribution in [-0.2, 0) is 0 Å². The Morgan fingerprint density at radius 3 is 2.43 bits per heavy atom. The minimum atomic E-state index is -0.602. The summed E-state index contributed by atoms with van der Waals surface area (Å²) in [5.74, 6) is 0. The molecule has 0 aromatic heterocycles. The highest BCUT2D eigenvalue weighted by molar-refractivity contribution is 4.69. The van der Waals surface area contributed by atoms with Gasteiger partial charge in [-0.15, -0.1) is 0 Å². The SMILES string of the molecule is CCC(C)N(C)CCNCC(C)(C)O. The maximum absolute atomic E-state index is 9.46. The minimum Gasteiger partial charge on any atom is -0.389 e. The van der Waals surface area contributed by atoms with Crippen molar-refractivity contribution in [3.63, 3.8) is 0 Å². The van der Waals surface area contributed by atoms with Crippen LogP contribution < -0.4 is 5.32 Å². The first-order valence-corrected chi connectivity index (χ1v) is 5.50. The lowest BCUT2D eigenvalue weighted by molar-refractivity contribution is 0.0789. The van der Waals surface area contributed by atoms with Crippen LogP contribution >= 0.6 is 0 Å². The van der Waals surface area contributed by atoms with Crippen LogP contribution in [0.5, 0.6) is 0 Å². The van der Waals surface area contributed by atoms with Gasteiger partial charge in [-0.3, -0.25) is 0 Å². The third-order valence-electron chi connectivity index (χ3n) is 2.54. The normalized spacial score (nSPS) is 14.8. The topological polar surface area (TPSA) is 35.5 Å². The molecular formula is C11H26N2O. The third-order valence-corrected chi connectivity index (χ3v) is 2.54. The second kappa shape index (κ2) is 6.38. The first-order chi connectivity index (χ1) is 6.37. The molecule has 0 saturated carbocycles. The fourth-order valence-electron chi connectivity index (χ4n) is 1.18. The number of hydrogen-bond donors (Lipinski definition) is 2. The Morgan fingerprint density at radius 2 is 2.00 bits per heavy atom. The maximum atomic E-state index is 9.46. The molecule has 0 heterocycles. The largest absolute Gasteiger partial charge is 0.389 e. The molecule has 0 aliphatic heterocycles. The molecule has 0 amide bonds. The molecule has 2 N–H and O–H groups in total. The highest BCUT2D eigenvalue weighted by Crippen LogP contribution is 1.99. The smallest absolute Gasteiger partial charge is 0.0715 e. The zero-order valence-corrected chi connectivity index (χ0v) is 10.3. The second-order valence-electron chi connectivity index (χ2n) is 4.73. The van der Waals surface area contributed by atoms with Gasteiger partial charge in [0.15, 0.2) is 0 Å². The zero-order valence-electron chi connectivity index (χ0n) is 10.3. The summed E-state index contributed by atoms with van der Waals surface area (Å²) in [4.78, 5) is 2.33. The Kier molecular flexibility index (Phi) is 6.33. The maximum Gasteiger partial charge on any atom is 0.0715 e. The fraction of sp³-hybridized carbons (Fsp3) is 1.00. The zero-order chi connectivity index (χ0) is 11.2. The van der Waals surface area contributed by atoms with Crippen molar-refractivity contribution in [3.05, 3.63) is 0 Å². The van der Waals surface area contributed by atoms with Crippen molar-refractivity contribution in [1.82, 2.24) is 10.2 Å². The molecule has 3 heteroatoms.